The highest BCUT2D eigenvalue weighted by atomic mass is 16.5. The quantitative estimate of drug-likeness (QED) is 0.766. The van der Waals surface area contributed by atoms with Crippen LogP contribution in [0.2, 0.25) is 0 Å². The SMILES string of the molecule is CCc1cc(CNCC(C)OC)n(CC)n1. The molecule has 0 spiro atoms. The number of ether oxygens (including phenoxy) is 1. The van der Waals surface area contributed by atoms with Crippen molar-refractivity contribution in [2.75, 3.05) is 13.7 Å². The number of rotatable bonds is 7. The normalized spacial score (nSPS) is 13.0. The van der Waals surface area contributed by atoms with E-state index in [0.717, 1.165) is 26.1 Å². The van der Waals surface area contributed by atoms with Gasteiger partial charge in [-0.25, -0.2) is 0 Å². The standard InChI is InChI=1S/C12H23N3O/c1-5-11-7-12(15(6-2)14-11)9-13-8-10(3)16-4/h7,10,13H,5-6,8-9H2,1-4H3. The molecule has 0 amide bonds. The third-order valence-corrected chi connectivity index (χ3v) is 2.72. The van der Waals surface area contributed by atoms with Crippen molar-refractivity contribution in [2.45, 2.75) is 46.4 Å². The van der Waals surface area contributed by atoms with Crippen molar-refractivity contribution >= 4 is 0 Å². The zero-order valence-corrected chi connectivity index (χ0v) is 10.8. The molecule has 0 aliphatic carbocycles. The molecule has 0 saturated heterocycles. The maximum atomic E-state index is 5.19. The van der Waals surface area contributed by atoms with Crippen molar-refractivity contribution in [3.63, 3.8) is 0 Å². The van der Waals surface area contributed by atoms with E-state index in [1.807, 2.05) is 0 Å². The molecular weight excluding hydrogens is 202 g/mol. The average Bonchev–Trinajstić information content (AvgIpc) is 2.71. The first-order chi connectivity index (χ1) is 7.71. The van der Waals surface area contributed by atoms with Crippen molar-refractivity contribution in [1.29, 1.82) is 0 Å². The van der Waals surface area contributed by atoms with Crippen LogP contribution in [0.5, 0.6) is 0 Å². The minimum Gasteiger partial charge on any atom is -0.380 e. The second kappa shape index (κ2) is 6.66. The molecule has 1 unspecified atom stereocenters. The highest BCUT2D eigenvalue weighted by Gasteiger charge is 2.05. The maximum absolute atomic E-state index is 5.19. The van der Waals surface area contributed by atoms with Crippen LogP contribution in [-0.2, 0) is 24.2 Å². The summed E-state index contributed by atoms with van der Waals surface area (Å²) in [5.74, 6) is 0. The van der Waals surface area contributed by atoms with Gasteiger partial charge in [-0.05, 0) is 26.3 Å². The molecule has 4 nitrogen and oxygen atoms in total. The van der Waals surface area contributed by atoms with Crippen LogP contribution in [0.3, 0.4) is 0 Å². The van der Waals surface area contributed by atoms with Gasteiger partial charge in [-0.1, -0.05) is 6.92 Å². The fourth-order valence-corrected chi connectivity index (χ4v) is 1.59. The Morgan fingerprint density at radius 2 is 2.25 bits per heavy atom. The summed E-state index contributed by atoms with van der Waals surface area (Å²) in [6.45, 7) is 8.96. The van der Waals surface area contributed by atoms with Gasteiger partial charge in [0.2, 0.25) is 0 Å². The summed E-state index contributed by atoms with van der Waals surface area (Å²) in [4.78, 5) is 0. The molecule has 0 bridgehead atoms. The molecular formula is C12H23N3O. The topological polar surface area (TPSA) is 39.1 Å². The highest BCUT2D eigenvalue weighted by Crippen LogP contribution is 2.05. The predicted molar refractivity (Wildman–Crippen MR) is 65.5 cm³/mol. The largest absolute Gasteiger partial charge is 0.380 e. The predicted octanol–water partition coefficient (Wildman–Crippen LogP) is 1.59. The molecule has 0 aliphatic rings. The van der Waals surface area contributed by atoms with Crippen molar-refractivity contribution in [2.24, 2.45) is 0 Å². The summed E-state index contributed by atoms with van der Waals surface area (Å²) in [7, 11) is 1.73. The number of aryl methyl sites for hydroxylation is 2. The highest BCUT2D eigenvalue weighted by molar-refractivity contribution is 5.10. The second-order valence-electron chi connectivity index (χ2n) is 3.97. The number of methoxy groups -OCH3 is 1. The van der Waals surface area contributed by atoms with E-state index in [0.29, 0.717) is 0 Å². The Labute approximate surface area is 98.0 Å². The van der Waals surface area contributed by atoms with Gasteiger partial charge in [-0.15, -0.1) is 0 Å². The summed E-state index contributed by atoms with van der Waals surface area (Å²) in [6.07, 6.45) is 1.25. The Morgan fingerprint density at radius 3 is 2.81 bits per heavy atom. The lowest BCUT2D eigenvalue weighted by atomic mass is 10.3. The Balaban J connectivity index is 2.49. The molecule has 0 saturated carbocycles. The molecule has 16 heavy (non-hydrogen) atoms. The van der Waals surface area contributed by atoms with Crippen molar-refractivity contribution in [3.05, 3.63) is 17.5 Å². The molecule has 1 heterocycles. The van der Waals surface area contributed by atoms with E-state index >= 15 is 0 Å². The molecule has 0 aliphatic heterocycles. The van der Waals surface area contributed by atoms with Crippen LogP contribution in [-0.4, -0.2) is 29.5 Å². The minimum absolute atomic E-state index is 0.253. The van der Waals surface area contributed by atoms with Gasteiger partial charge in [0, 0.05) is 26.7 Å². The summed E-state index contributed by atoms with van der Waals surface area (Å²) in [5, 5.41) is 7.89. The lowest BCUT2D eigenvalue weighted by molar-refractivity contribution is 0.117. The van der Waals surface area contributed by atoms with E-state index in [1.54, 1.807) is 7.11 Å². The van der Waals surface area contributed by atoms with Gasteiger partial charge in [0.05, 0.1) is 17.5 Å². The fraction of sp³-hybridized carbons (Fsp3) is 0.750. The zero-order chi connectivity index (χ0) is 12.0. The second-order valence-corrected chi connectivity index (χ2v) is 3.97. The average molecular weight is 225 g/mol. The smallest absolute Gasteiger partial charge is 0.0667 e. The van der Waals surface area contributed by atoms with Gasteiger partial charge < -0.3 is 10.1 Å². The molecule has 1 rings (SSSR count). The van der Waals surface area contributed by atoms with Crippen LogP contribution < -0.4 is 5.32 Å². The van der Waals surface area contributed by atoms with Gasteiger partial charge in [-0.2, -0.15) is 5.10 Å². The Hall–Kier alpha value is -0.870. The van der Waals surface area contributed by atoms with Gasteiger partial charge in [0.25, 0.3) is 0 Å². The first kappa shape index (κ1) is 13.2. The molecule has 0 fully saturated rings. The molecule has 4 heteroatoms. The number of nitrogens with zero attached hydrogens (tertiary/aromatic N) is 2. The number of aromatic nitrogens is 2. The molecule has 1 N–H and O–H groups in total. The maximum Gasteiger partial charge on any atom is 0.0667 e. The number of hydrogen-bond acceptors (Lipinski definition) is 3. The summed E-state index contributed by atoms with van der Waals surface area (Å²) in [6, 6.07) is 2.17. The summed E-state index contributed by atoms with van der Waals surface area (Å²) < 4.78 is 7.24. The summed E-state index contributed by atoms with van der Waals surface area (Å²) >= 11 is 0. The van der Waals surface area contributed by atoms with E-state index in [2.05, 4.69) is 41.9 Å². The van der Waals surface area contributed by atoms with Crippen LogP contribution in [0.15, 0.2) is 6.07 Å². The van der Waals surface area contributed by atoms with Crippen molar-refractivity contribution in [1.82, 2.24) is 15.1 Å². The van der Waals surface area contributed by atoms with E-state index in [-0.39, 0.29) is 6.10 Å². The Kier molecular flexibility index (Phi) is 5.49. The van der Waals surface area contributed by atoms with Crippen LogP contribution >= 0.6 is 0 Å². The molecule has 92 valence electrons. The molecule has 0 aromatic carbocycles. The van der Waals surface area contributed by atoms with Crippen LogP contribution in [0.1, 0.15) is 32.2 Å². The van der Waals surface area contributed by atoms with Crippen molar-refractivity contribution < 1.29 is 4.74 Å². The van der Waals surface area contributed by atoms with Gasteiger partial charge in [0.15, 0.2) is 0 Å². The Morgan fingerprint density at radius 1 is 1.50 bits per heavy atom. The minimum atomic E-state index is 0.253. The van der Waals surface area contributed by atoms with Crippen LogP contribution in [0.25, 0.3) is 0 Å². The van der Waals surface area contributed by atoms with Crippen molar-refractivity contribution in [3.8, 4) is 0 Å². The van der Waals surface area contributed by atoms with Gasteiger partial charge in [-0.3, -0.25) is 4.68 Å². The monoisotopic (exact) mass is 225 g/mol. The first-order valence-corrected chi connectivity index (χ1v) is 6.00. The molecule has 0 radical (unpaired) electrons. The summed E-state index contributed by atoms with van der Waals surface area (Å²) in [5.41, 5.74) is 2.42. The number of hydrogen-bond donors (Lipinski definition) is 1. The molecule has 1 aromatic heterocycles. The van der Waals surface area contributed by atoms with Crippen LogP contribution in [0.4, 0.5) is 0 Å². The Bertz CT molecular complexity index is 309. The van der Waals surface area contributed by atoms with Gasteiger partial charge >= 0.3 is 0 Å². The van der Waals surface area contributed by atoms with Gasteiger partial charge in [0.1, 0.15) is 0 Å². The zero-order valence-electron chi connectivity index (χ0n) is 10.8. The lowest BCUT2D eigenvalue weighted by Crippen LogP contribution is -2.26. The van der Waals surface area contributed by atoms with Crippen LogP contribution in [0, 0.1) is 0 Å². The third kappa shape index (κ3) is 3.61. The first-order valence-electron chi connectivity index (χ1n) is 6.00. The third-order valence-electron chi connectivity index (χ3n) is 2.72. The van der Waals surface area contributed by atoms with E-state index < -0.39 is 0 Å². The molecule has 1 atom stereocenters. The van der Waals surface area contributed by atoms with E-state index in [9.17, 15) is 0 Å². The lowest BCUT2D eigenvalue weighted by Gasteiger charge is -2.11. The molecule has 1 aromatic rings. The number of nitrogens with one attached hydrogen (secondary N) is 1. The fourth-order valence-electron chi connectivity index (χ4n) is 1.59. The van der Waals surface area contributed by atoms with E-state index in [1.165, 1.54) is 11.4 Å². The van der Waals surface area contributed by atoms with E-state index in [4.69, 9.17) is 4.74 Å².